The van der Waals surface area contributed by atoms with Gasteiger partial charge in [0, 0.05) is 56.2 Å². The van der Waals surface area contributed by atoms with Crippen LogP contribution in [0, 0.1) is 0 Å². The second-order valence-corrected chi connectivity index (χ2v) is 33.9. The van der Waals surface area contributed by atoms with E-state index in [1.54, 1.807) is 68.6 Å². The van der Waals surface area contributed by atoms with E-state index in [0.29, 0.717) is 65.2 Å². The maximum Gasteiger partial charge on any atom is 0.243 e. The summed E-state index contributed by atoms with van der Waals surface area (Å²) >= 11 is 0. The summed E-state index contributed by atoms with van der Waals surface area (Å²) in [6, 6.07) is 59.9. The standard InChI is InChI=1S/C29H33N3O4S.C28H30N2O7S.C25H26N2O4S.6H2/c33-21-24-11-8-20-32(24)37(35,36)25-16-14-22(15-17-25)26-12-7-13-27(30-26)31-28(34)29(18-5-2-6-19-29)23-9-3-1-4-10-23;1-2-27(16-31,17-32)30-38(34,35)22-9-6-19(7-10-22)23-5-3-4-21(29-23)15-26(33)28(12-13-28)20-8-11-24-25(14-20)37-18-36-24;1-31-21-6-3-5-20(17-21)25(14-15-25)24(28)27-23-8-4-7-22(26-23)19-11-9-18(10-12-19)13-16-32(2,29)30;;;;;;/h1,3-4,7,9-10,12-17,24,33H,2,5-6,8,11,18-21H2,(H,30,31,34);3-11,14,30-32H,2,12-13,15-18H2,1H3;3-12,17H,13-16H2,1-2H3,(H,26,27,28);6*1H/t24-;;;;;;;;/m1......../s1. The van der Waals surface area contributed by atoms with E-state index in [1.165, 1.54) is 22.7 Å². The van der Waals surface area contributed by atoms with Crippen LogP contribution >= 0.6 is 0 Å². The summed E-state index contributed by atoms with van der Waals surface area (Å²) in [5, 5.41) is 34.8. The van der Waals surface area contributed by atoms with Gasteiger partial charge in [-0.15, -0.1) is 0 Å². The molecule has 5 aliphatic rings. The number of fused-ring (bicyclic) bond motifs is 1. The quantitative estimate of drug-likeness (QED) is 0.0293. The van der Waals surface area contributed by atoms with Crippen LogP contribution in [0.25, 0.3) is 33.8 Å². The fourth-order valence-corrected chi connectivity index (χ4v) is 17.9. The Balaban J connectivity index is 0.000000258. The fraction of sp³-hybridized carbons (Fsp3) is 0.341. The van der Waals surface area contributed by atoms with Crippen LogP contribution in [-0.4, -0.2) is 141 Å². The molecule has 3 saturated carbocycles. The highest BCUT2D eigenvalue weighted by molar-refractivity contribution is 7.90. The molecule has 0 bridgehead atoms. The van der Waals surface area contributed by atoms with Crippen molar-refractivity contribution in [2.75, 3.05) is 62.9 Å². The Morgan fingerprint density at radius 2 is 1.10 bits per heavy atom. The average molecular weight is 1520 g/mol. The summed E-state index contributed by atoms with van der Waals surface area (Å²) in [7, 11) is -9.02. The molecule has 9 aromatic rings. The zero-order valence-corrected chi connectivity index (χ0v) is 62.5. The van der Waals surface area contributed by atoms with E-state index in [4.69, 9.17) is 14.2 Å². The number of aryl methyl sites for hydroxylation is 1. The number of Topliss-reactive ketones (excluding diaryl/α,β-unsaturated/α-hetero) is 1. The van der Waals surface area contributed by atoms with E-state index in [1.807, 2.05) is 133 Å². The number of sulfonamides is 2. The summed E-state index contributed by atoms with van der Waals surface area (Å²) in [6.45, 7) is 1.06. The Labute approximate surface area is 634 Å². The average Bonchev–Trinajstić information content (AvgIpc) is 1.57. The van der Waals surface area contributed by atoms with E-state index in [0.717, 1.165) is 109 Å². The topological polar surface area (TPSA) is 320 Å². The Kier molecular flexibility index (Phi) is 23.7. The van der Waals surface area contributed by atoms with Gasteiger partial charge >= 0.3 is 0 Å². The Hall–Kier alpha value is -9.57. The number of nitrogens with one attached hydrogen (secondary N) is 3. The van der Waals surface area contributed by atoms with Gasteiger partial charge in [0.25, 0.3) is 0 Å². The first-order chi connectivity index (χ1) is 51.5. The maximum absolute atomic E-state index is 13.6. The Bertz CT molecular complexity index is 5040. The minimum absolute atomic E-state index is 0. The molecule has 14 rings (SSSR count). The van der Waals surface area contributed by atoms with Crippen molar-refractivity contribution >= 4 is 59.1 Å². The molecule has 6 N–H and O–H groups in total. The van der Waals surface area contributed by atoms with Crippen LogP contribution in [0.15, 0.2) is 210 Å². The van der Waals surface area contributed by atoms with Gasteiger partial charge in [0.1, 0.15) is 33.0 Å². The maximum atomic E-state index is 13.6. The van der Waals surface area contributed by atoms with Crippen LogP contribution in [0.1, 0.15) is 120 Å². The smallest absolute Gasteiger partial charge is 0.243 e. The van der Waals surface area contributed by atoms with Crippen molar-refractivity contribution in [2.45, 2.75) is 134 Å². The first-order valence-corrected chi connectivity index (χ1v) is 41.0. The predicted octanol–water partition coefficient (Wildman–Crippen LogP) is 13.0. The van der Waals surface area contributed by atoms with Crippen molar-refractivity contribution < 1.29 is 77.7 Å². The molecule has 2 amide bonds. The molecular weight excluding hydrogens is 1420 g/mol. The lowest BCUT2D eigenvalue weighted by Crippen LogP contribution is -2.53. The van der Waals surface area contributed by atoms with Crippen molar-refractivity contribution in [2.24, 2.45) is 0 Å². The van der Waals surface area contributed by atoms with Crippen LogP contribution in [0.5, 0.6) is 17.2 Å². The van der Waals surface area contributed by atoms with Gasteiger partial charge in [-0.25, -0.2) is 39.9 Å². The molecule has 3 aromatic heterocycles. The molecule has 5 heterocycles. The lowest BCUT2D eigenvalue weighted by molar-refractivity contribution is -0.123. The number of pyridine rings is 3. The first-order valence-electron chi connectivity index (χ1n) is 36.0. The molecular formula is C82H101N7O15S3. The van der Waals surface area contributed by atoms with Crippen molar-refractivity contribution in [3.8, 4) is 51.0 Å². The number of amides is 2. The summed E-state index contributed by atoms with van der Waals surface area (Å²) in [5.74, 6) is 3.19. The number of hydrogen-bond donors (Lipinski definition) is 6. The number of benzene rings is 6. The van der Waals surface area contributed by atoms with Crippen LogP contribution in [0.4, 0.5) is 11.6 Å². The zero-order chi connectivity index (χ0) is 75.6. The van der Waals surface area contributed by atoms with E-state index >= 15 is 0 Å². The molecule has 6 aromatic carbocycles. The second-order valence-electron chi connectivity index (χ2n) is 28.1. The number of ether oxygens (including phenoxy) is 3. The van der Waals surface area contributed by atoms with Gasteiger partial charge in [0.2, 0.25) is 38.7 Å². The fourth-order valence-electron chi connectivity index (χ4n) is 14.1. The predicted molar refractivity (Wildman–Crippen MR) is 421 cm³/mol. The molecule has 4 fully saturated rings. The largest absolute Gasteiger partial charge is 0.497 e. The van der Waals surface area contributed by atoms with Crippen molar-refractivity contribution in [3.05, 3.63) is 228 Å². The monoisotopic (exact) mass is 1520 g/mol. The Morgan fingerprint density at radius 1 is 0.570 bits per heavy atom. The number of rotatable bonds is 26. The van der Waals surface area contributed by atoms with E-state index in [2.05, 4.69) is 30.3 Å². The number of methoxy groups -OCH3 is 1. The Morgan fingerprint density at radius 3 is 1.66 bits per heavy atom. The number of carbonyl (C=O) groups is 3. The molecule has 107 heavy (non-hydrogen) atoms. The number of anilines is 2. The van der Waals surface area contributed by atoms with Crippen LogP contribution < -0.4 is 29.6 Å². The molecule has 2 aliphatic heterocycles. The van der Waals surface area contributed by atoms with E-state index in [-0.39, 0.29) is 74.0 Å². The SMILES string of the molecule is CCC(CO)(CO)NS(=O)(=O)c1ccc(-c2cccc(CC(=O)C3(c4ccc5c(c4)OCO5)CC3)n2)cc1.COc1cccc(C2(C(=O)Nc3cccc(-c4ccc(CCS(C)(=O)=O)cc4)n3)CC2)c1.O=C(Nc1cccc(-c2ccc(S(=O)(=O)N3CCC[C@@H]3CO)cc2)n1)C1(c2ccccc2)CCCCC1.[HH].[HH].[HH].[HH].[HH].[HH]. The van der Waals surface area contributed by atoms with Gasteiger partial charge in [-0.2, -0.15) is 4.31 Å². The number of aliphatic hydroxyl groups excluding tert-OH is 3. The number of aromatic nitrogens is 3. The number of aliphatic hydroxyl groups is 3. The molecule has 25 heteroatoms. The summed E-state index contributed by atoms with van der Waals surface area (Å²) in [4.78, 5) is 54.3. The highest BCUT2D eigenvalue weighted by atomic mass is 32.2. The number of hydrogen-bond acceptors (Lipinski definition) is 18. The zero-order valence-electron chi connectivity index (χ0n) is 60.0. The van der Waals surface area contributed by atoms with Crippen molar-refractivity contribution in [1.82, 2.24) is 24.0 Å². The highest BCUT2D eigenvalue weighted by Gasteiger charge is 2.52. The molecule has 572 valence electrons. The third kappa shape index (κ3) is 17.7. The lowest BCUT2D eigenvalue weighted by atomic mass is 9.68. The second kappa shape index (κ2) is 32.9. The van der Waals surface area contributed by atoms with Gasteiger partial charge in [0.15, 0.2) is 11.5 Å². The van der Waals surface area contributed by atoms with Gasteiger partial charge in [-0.05, 0) is 171 Å². The third-order valence-corrected chi connectivity index (χ3v) is 25.5. The van der Waals surface area contributed by atoms with Gasteiger partial charge in [-0.3, -0.25) is 19.4 Å². The number of ketones is 1. The molecule has 0 unspecified atom stereocenters. The number of carbonyl (C=O) groups excluding carboxylic acids is 3. The van der Waals surface area contributed by atoms with Crippen molar-refractivity contribution in [1.29, 1.82) is 0 Å². The highest BCUT2D eigenvalue weighted by Crippen LogP contribution is 2.52. The van der Waals surface area contributed by atoms with E-state index in [9.17, 15) is 55.0 Å². The van der Waals surface area contributed by atoms with Crippen LogP contribution in [-0.2, 0) is 73.4 Å². The third-order valence-electron chi connectivity index (χ3n) is 21.0. The van der Waals surface area contributed by atoms with Gasteiger partial charge < -0.3 is 40.2 Å². The minimum atomic E-state index is -3.97. The first kappa shape index (κ1) is 77.1. The summed E-state index contributed by atoms with van der Waals surface area (Å²) < 4.78 is 94.5. The normalized spacial score (nSPS) is 16.9. The van der Waals surface area contributed by atoms with Crippen LogP contribution in [0.2, 0.25) is 0 Å². The lowest BCUT2D eigenvalue weighted by Gasteiger charge is -2.36. The summed E-state index contributed by atoms with van der Waals surface area (Å²) in [6.07, 6.45) is 11.5. The summed E-state index contributed by atoms with van der Waals surface area (Å²) in [5.41, 5.74) is 5.92. The number of nitrogens with zero attached hydrogens (tertiary/aromatic N) is 4. The molecule has 1 saturated heterocycles. The molecule has 3 aliphatic carbocycles. The van der Waals surface area contributed by atoms with Crippen LogP contribution in [0.3, 0.4) is 0 Å². The molecule has 0 spiro atoms. The molecule has 0 radical (unpaired) electrons. The van der Waals surface area contributed by atoms with Crippen molar-refractivity contribution in [3.63, 3.8) is 0 Å². The minimum Gasteiger partial charge on any atom is -0.497 e. The van der Waals surface area contributed by atoms with Gasteiger partial charge in [0.05, 0.1) is 81.3 Å². The molecule has 1 atom stereocenters. The number of sulfone groups is 1. The molecule has 22 nitrogen and oxygen atoms in total. The van der Waals surface area contributed by atoms with Gasteiger partial charge in [-0.1, -0.05) is 141 Å². The van der Waals surface area contributed by atoms with E-state index < -0.39 is 64.9 Å².